The summed E-state index contributed by atoms with van der Waals surface area (Å²) in [5.41, 5.74) is 6.30. The maximum Gasteiger partial charge on any atom is 0.254 e. The van der Waals surface area contributed by atoms with E-state index >= 15 is 0 Å². The van der Waals surface area contributed by atoms with Gasteiger partial charge in [0, 0.05) is 18.5 Å². The maximum absolute atomic E-state index is 4.15. The van der Waals surface area contributed by atoms with E-state index in [0.717, 1.165) is 11.4 Å². The molecule has 0 spiro atoms. The van der Waals surface area contributed by atoms with Gasteiger partial charge in [-0.25, -0.2) is 14.1 Å². The summed E-state index contributed by atoms with van der Waals surface area (Å²) in [5.74, 6) is 0. The molecule has 0 radical (unpaired) electrons. The molecule has 4 rings (SSSR count). The molecule has 0 aliphatic rings. The van der Waals surface area contributed by atoms with Crippen LogP contribution in [0.2, 0.25) is 0 Å². The lowest BCUT2D eigenvalue weighted by Gasteiger charge is -2.25. The molecule has 0 aliphatic carbocycles. The molecule has 2 aromatic carbocycles. The highest BCUT2D eigenvalue weighted by Crippen LogP contribution is 2.31. The zero-order valence-corrected chi connectivity index (χ0v) is 18.8. The van der Waals surface area contributed by atoms with E-state index in [-0.39, 0.29) is 10.8 Å². The number of aromatic nitrogens is 4. The number of hydrogen-bond donors (Lipinski definition) is 0. The summed E-state index contributed by atoms with van der Waals surface area (Å²) >= 11 is 0. The van der Waals surface area contributed by atoms with Gasteiger partial charge in [0.1, 0.15) is 23.8 Å². The van der Waals surface area contributed by atoms with Gasteiger partial charge in [0.25, 0.3) is 6.33 Å². The van der Waals surface area contributed by atoms with Gasteiger partial charge in [-0.1, -0.05) is 53.7 Å². The van der Waals surface area contributed by atoms with Gasteiger partial charge in [-0.15, -0.1) is 0 Å². The minimum absolute atomic E-state index is 0.0955. The van der Waals surface area contributed by atoms with Crippen molar-refractivity contribution in [2.75, 3.05) is 0 Å². The fourth-order valence-corrected chi connectivity index (χ4v) is 3.51. The Bertz CT molecular complexity index is 1120. The fraction of sp³-hybridized carbons (Fsp3) is 0.308. The first kappa shape index (κ1) is 20.1. The van der Waals surface area contributed by atoms with Crippen molar-refractivity contribution < 1.29 is 4.57 Å². The van der Waals surface area contributed by atoms with Crippen molar-refractivity contribution in [3.8, 4) is 17.1 Å². The van der Waals surface area contributed by atoms with Gasteiger partial charge in [-0.3, -0.25) is 0 Å². The van der Waals surface area contributed by atoms with Crippen LogP contribution in [0.15, 0.2) is 79.9 Å². The van der Waals surface area contributed by atoms with E-state index in [1.807, 2.05) is 17.1 Å². The van der Waals surface area contributed by atoms with Crippen molar-refractivity contribution in [1.29, 1.82) is 0 Å². The molecule has 4 nitrogen and oxygen atoms in total. The SMILES string of the molecule is CC(C)(C)c1cc(-n2cc[n+](-c3cccc(-n4ccnc4)c3)c2)cc(C(C)(C)C)c1. The number of benzene rings is 2. The van der Waals surface area contributed by atoms with Crippen LogP contribution in [0.1, 0.15) is 52.7 Å². The monoisotopic (exact) mass is 399 g/mol. The second-order valence-corrected chi connectivity index (χ2v) is 9.99. The average molecular weight is 400 g/mol. The van der Waals surface area contributed by atoms with Gasteiger partial charge in [0.05, 0.1) is 12.0 Å². The van der Waals surface area contributed by atoms with E-state index in [1.165, 1.54) is 16.8 Å². The summed E-state index contributed by atoms with van der Waals surface area (Å²) in [6, 6.07) is 15.4. The van der Waals surface area contributed by atoms with E-state index < -0.39 is 0 Å². The third-order valence-electron chi connectivity index (χ3n) is 5.52. The van der Waals surface area contributed by atoms with Crippen LogP contribution >= 0.6 is 0 Å². The van der Waals surface area contributed by atoms with Crippen molar-refractivity contribution in [1.82, 2.24) is 14.1 Å². The summed E-state index contributed by atoms with van der Waals surface area (Å²) in [7, 11) is 0. The predicted octanol–water partition coefficient (Wildman–Crippen LogP) is 5.53. The molecule has 0 saturated carbocycles. The second-order valence-electron chi connectivity index (χ2n) is 9.99. The summed E-state index contributed by atoms with van der Waals surface area (Å²) in [6.07, 6.45) is 11.9. The first-order valence-corrected chi connectivity index (χ1v) is 10.5. The summed E-state index contributed by atoms with van der Waals surface area (Å²) < 4.78 is 6.37. The predicted molar refractivity (Wildman–Crippen MR) is 122 cm³/mol. The first-order valence-electron chi connectivity index (χ1n) is 10.5. The summed E-state index contributed by atoms with van der Waals surface area (Å²) in [5, 5.41) is 0. The Morgan fingerprint density at radius 1 is 0.767 bits per heavy atom. The molecule has 2 aromatic heterocycles. The van der Waals surface area contributed by atoms with Gasteiger partial charge in [0.15, 0.2) is 0 Å². The summed E-state index contributed by atoms with van der Waals surface area (Å²) in [6.45, 7) is 13.6. The van der Waals surface area contributed by atoms with Crippen LogP contribution in [-0.4, -0.2) is 14.1 Å². The third kappa shape index (κ3) is 4.09. The lowest BCUT2D eigenvalue weighted by molar-refractivity contribution is -0.594. The molecule has 154 valence electrons. The molecule has 0 N–H and O–H groups in total. The van der Waals surface area contributed by atoms with Gasteiger partial charge in [0.2, 0.25) is 0 Å². The Balaban J connectivity index is 1.75. The molecule has 4 heteroatoms. The molecule has 0 amide bonds. The summed E-state index contributed by atoms with van der Waals surface area (Å²) in [4.78, 5) is 4.15. The first-order chi connectivity index (χ1) is 14.1. The van der Waals surface area contributed by atoms with Crippen molar-refractivity contribution in [2.24, 2.45) is 0 Å². The van der Waals surface area contributed by atoms with E-state index in [0.29, 0.717) is 0 Å². The van der Waals surface area contributed by atoms with Gasteiger partial charge < -0.3 is 4.57 Å². The second kappa shape index (κ2) is 7.28. The molecule has 0 aliphatic heterocycles. The van der Waals surface area contributed by atoms with Crippen LogP contribution in [-0.2, 0) is 10.8 Å². The molecule has 0 unspecified atom stereocenters. The Kier molecular flexibility index (Phi) is 4.89. The third-order valence-corrected chi connectivity index (χ3v) is 5.52. The standard InChI is InChI=1S/C26H31N4/c1-25(2,3)20-14-21(26(4,5)6)16-24(15-20)30-13-12-29(19-30)23-9-7-8-22(17-23)28-11-10-27-18-28/h7-19H,1-6H3/q+1. The quantitative estimate of drug-likeness (QED) is 0.416. The molecule has 0 saturated heterocycles. The molecule has 2 heterocycles. The van der Waals surface area contributed by atoms with Crippen LogP contribution < -0.4 is 4.57 Å². The topological polar surface area (TPSA) is 26.6 Å². The highest BCUT2D eigenvalue weighted by molar-refractivity contribution is 5.45. The van der Waals surface area contributed by atoms with Crippen LogP contribution in [0, 0.1) is 0 Å². The fourth-order valence-electron chi connectivity index (χ4n) is 3.51. The van der Waals surface area contributed by atoms with Gasteiger partial charge >= 0.3 is 0 Å². The molecule has 0 fully saturated rings. The van der Waals surface area contributed by atoms with Crippen molar-refractivity contribution in [3.05, 3.63) is 91.0 Å². The normalized spacial score (nSPS) is 12.3. The van der Waals surface area contributed by atoms with E-state index in [9.17, 15) is 0 Å². The van der Waals surface area contributed by atoms with Crippen LogP contribution in [0.3, 0.4) is 0 Å². The molecular formula is C26H31N4+. The van der Waals surface area contributed by atoms with E-state index in [2.05, 4.69) is 117 Å². The Morgan fingerprint density at radius 2 is 1.47 bits per heavy atom. The van der Waals surface area contributed by atoms with E-state index in [1.54, 1.807) is 6.20 Å². The maximum atomic E-state index is 4.15. The lowest BCUT2D eigenvalue weighted by atomic mass is 9.80. The highest BCUT2D eigenvalue weighted by atomic mass is 15.1. The number of nitrogens with zero attached hydrogens (tertiary/aromatic N) is 4. The highest BCUT2D eigenvalue weighted by Gasteiger charge is 2.22. The minimum Gasteiger partial charge on any atom is -0.306 e. The lowest BCUT2D eigenvalue weighted by Crippen LogP contribution is -2.27. The van der Waals surface area contributed by atoms with E-state index in [4.69, 9.17) is 0 Å². The number of rotatable bonds is 3. The molecule has 4 aromatic rings. The minimum atomic E-state index is 0.0955. The van der Waals surface area contributed by atoms with Crippen molar-refractivity contribution in [2.45, 2.75) is 52.4 Å². The van der Waals surface area contributed by atoms with Crippen LogP contribution in [0.4, 0.5) is 0 Å². The molecular weight excluding hydrogens is 368 g/mol. The van der Waals surface area contributed by atoms with Crippen LogP contribution in [0.5, 0.6) is 0 Å². The largest absolute Gasteiger partial charge is 0.306 e. The zero-order chi connectivity index (χ0) is 21.5. The number of hydrogen-bond acceptors (Lipinski definition) is 1. The smallest absolute Gasteiger partial charge is 0.254 e. The molecule has 0 atom stereocenters. The van der Waals surface area contributed by atoms with Crippen molar-refractivity contribution >= 4 is 0 Å². The Hall–Kier alpha value is -3.14. The van der Waals surface area contributed by atoms with Crippen LogP contribution in [0.25, 0.3) is 17.1 Å². The van der Waals surface area contributed by atoms with Gasteiger partial charge in [-0.05, 0) is 46.2 Å². The molecule has 30 heavy (non-hydrogen) atoms. The van der Waals surface area contributed by atoms with Gasteiger partial charge in [-0.2, -0.15) is 0 Å². The Labute approximate surface area is 179 Å². The average Bonchev–Trinajstić information content (AvgIpc) is 3.39. The number of imidazole rings is 2. The molecule has 0 bridgehead atoms. The Morgan fingerprint density at radius 3 is 2.07 bits per heavy atom. The van der Waals surface area contributed by atoms with Crippen molar-refractivity contribution in [3.63, 3.8) is 0 Å². The zero-order valence-electron chi connectivity index (χ0n) is 18.8.